The van der Waals surface area contributed by atoms with Gasteiger partial charge in [-0.25, -0.2) is 8.78 Å². The highest BCUT2D eigenvalue weighted by atomic mass is 19.2. The number of furan rings is 1. The molecule has 3 rings (SSSR count). The number of nitrogens with zero attached hydrogens (tertiary/aromatic N) is 1. The summed E-state index contributed by atoms with van der Waals surface area (Å²) in [5, 5.41) is 13.9. The summed E-state index contributed by atoms with van der Waals surface area (Å²) < 4.78 is 31.9. The van der Waals surface area contributed by atoms with Gasteiger partial charge in [-0.15, -0.1) is 0 Å². The number of nitrogens with one attached hydrogen (secondary N) is 1. The van der Waals surface area contributed by atoms with E-state index in [-0.39, 0.29) is 19.0 Å². The van der Waals surface area contributed by atoms with Gasteiger partial charge in [0.05, 0.1) is 0 Å². The Labute approximate surface area is 157 Å². The Bertz CT molecular complexity index is 808. The molecule has 1 aromatic heterocycles. The molecule has 0 spiro atoms. The smallest absolute Gasteiger partial charge is 0.256 e. The minimum atomic E-state index is -1.49. The maximum absolute atomic E-state index is 13.4. The fourth-order valence-electron chi connectivity index (χ4n) is 3.36. The van der Waals surface area contributed by atoms with E-state index in [1.54, 1.807) is 0 Å². The van der Waals surface area contributed by atoms with Crippen LogP contribution in [-0.4, -0.2) is 41.1 Å². The number of rotatable bonds is 7. The molecule has 2 aromatic rings. The van der Waals surface area contributed by atoms with Crippen molar-refractivity contribution in [3.05, 3.63) is 59.1 Å². The molecule has 1 saturated heterocycles. The van der Waals surface area contributed by atoms with Crippen LogP contribution in [-0.2, 0) is 17.8 Å². The lowest BCUT2D eigenvalue weighted by Gasteiger charge is -2.38. The number of aliphatic hydroxyl groups is 1. The molecule has 0 unspecified atom stereocenters. The number of aryl methyl sites for hydroxylation is 1. The molecule has 27 heavy (non-hydrogen) atoms. The summed E-state index contributed by atoms with van der Waals surface area (Å²) in [5.41, 5.74) is -0.997. The van der Waals surface area contributed by atoms with E-state index in [4.69, 9.17) is 4.42 Å². The predicted molar refractivity (Wildman–Crippen MR) is 96.0 cm³/mol. The predicted octanol–water partition coefficient (Wildman–Crippen LogP) is 2.55. The standard InChI is InChI=1S/C20H24F2N2O3/c1-14-3-5-16(27-14)7-9-23-13-20(26)8-2-10-24(19(20)25)12-15-4-6-17(21)18(22)11-15/h3-6,11,23,26H,2,7-10,12-13H2,1H3/t20-/m0/s1. The zero-order valence-corrected chi connectivity index (χ0v) is 15.3. The molecule has 1 fully saturated rings. The van der Waals surface area contributed by atoms with Crippen molar-refractivity contribution < 1.29 is 23.1 Å². The fraction of sp³-hybridized carbons (Fsp3) is 0.450. The van der Waals surface area contributed by atoms with Gasteiger partial charge in [0.1, 0.15) is 11.5 Å². The van der Waals surface area contributed by atoms with E-state index in [9.17, 15) is 18.7 Å². The van der Waals surface area contributed by atoms with Crippen molar-refractivity contribution in [3.63, 3.8) is 0 Å². The van der Waals surface area contributed by atoms with Crippen LogP contribution in [0.5, 0.6) is 0 Å². The van der Waals surface area contributed by atoms with Gasteiger partial charge in [-0.3, -0.25) is 4.79 Å². The molecular formula is C20H24F2N2O3. The molecule has 7 heteroatoms. The number of piperidine rings is 1. The maximum atomic E-state index is 13.4. The van der Waals surface area contributed by atoms with Crippen molar-refractivity contribution in [2.24, 2.45) is 0 Å². The van der Waals surface area contributed by atoms with E-state index in [0.717, 1.165) is 23.7 Å². The quantitative estimate of drug-likeness (QED) is 0.727. The first kappa shape index (κ1) is 19.5. The SMILES string of the molecule is Cc1ccc(CCNC[C@@]2(O)CCCN(Cc3ccc(F)c(F)c3)C2=O)o1. The van der Waals surface area contributed by atoms with Gasteiger partial charge in [0, 0.05) is 32.6 Å². The van der Waals surface area contributed by atoms with Gasteiger partial charge < -0.3 is 19.7 Å². The summed E-state index contributed by atoms with van der Waals surface area (Å²) in [7, 11) is 0. The average molecular weight is 378 g/mol. The second kappa shape index (κ2) is 8.19. The van der Waals surface area contributed by atoms with Gasteiger partial charge >= 0.3 is 0 Å². The number of benzene rings is 1. The molecule has 2 heterocycles. The highest BCUT2D eigenvalue weighted by Crippen LogP contribution is 2.24. The van der Waals surface area contributed by atoms with E-state index in [1.165, 1.54) is 11.0 Å². The maximum Gasteiger partial charge on any atom is 0.256 e. The molecule has 146 valence electrons. The first-order valence-corrected chi connectivity index (χ1v) is 9.09. The molecular weight excluding hydrogens is 354 g/mol. The second-order valence-electron chi connectivity index (χ2n) is 7.05. The van der Waals surface area contributed by atoms with Crippen LogP contribution in [0.2, 0.25) is 0 Å². The van der Waals surface area contributed by atoms with Gasteiger partial charge in [-0.05, 0) is 49.6 Å². The summed E-state index contributed by atoms with van der Waals surface area (Å²) in [4.78, 5) is 14.2. The Hall–Kier alpha value is -2.25. The van der Waals surface area contributed by atoms with Crippen LogP contribution in [0.1, 0.15) is 29.9 Å². The summed E-state index contributed by atoms with van der Waals surface area (Å²) in [6, 6.07) is 7.37. The molecule has 2 N–H and O–H groups in total. The van der Waals surface area contributed by atoms with Crippen LogP contribution >= 0.6 is 0 Å². The second-order valence-corrected chi connectivity index (χ2v) is 7.05. The number of likely N-dealkylation sites (tertiary alicyclic amines) is 1. The third-order valence-corrected chi connectivity index (χ3v) is 4.82. The zero-order valence-electron chi connectivity index (χ0n) is 15.3. The lowest BCUT2D eigenvalue weighted by molar-refractivity contribution is -0.157. The molecule has 0 bridgehead atoms. The Morgan fingerprint density at radius 1 is 1.26 bits per heavy atom. The number of hydrogen-bond acceptors (Lipinski definition) is 4. The average Bonchev–Trinajstić information content (AvgIpc) is 3.05. The minimum absolute atomic E-state index is 0.139. The van der Waals surface area contributed by atoms with Crippen molar-refractivity contribution in [1.29, 1.82) is 0 Å². The molecule has 1 aromatic carbocycles. The summed E-state index contributed by atoms with van der Waals surface area (Å²) >= 11 is 0. The first-order chi connectivity index (χ1) is 12.9. The van der Waals surface area contributed by atoms with Crippen LogP contribution in [0.3, 0.4) is 0 Å². The van der Waals surface area contributed by atoms with Gasteiger partial charge in [-0.2, -0.15) is 0 Å². The lowest BCUT2D eigenvalue weighted by atomic mass is 9.91. The van der Waals surface area contributed by atoms with Gasteiger partial charge in [0.2, 0.25) is 0 Å². The number of carbonyl (C=O) groups is 1. The summed E-state index contributed by atoms with van der Waals surface area (Å²) in [6.45, 7) is 3.21. The van der Waals surface area contributed by atoms with Crippen LogP contribution in [0.25, 0.3) is 0 Å². The number of amides is 1. The Morgan fingerprint density at radius 3 is 2.78 bits per heavy atom. The van der Waals surface area contributed by atoms with Gasteiger partial charge in [0.15, 0.2) is 17.2 Å². The molecule has 0 aliphatic carbocycles. The summed E-state index contributed by atoms with van der Waals surface area (Å²) in [5.74, 6) is -0.557. The van der Waals surface area contributed by atoms with Gasteiger partial charge in [0.25, 0.3) is 5.91 Å². The van der Waals surface area contributed by atoms with E-state index in [1.807, 2.05) is 19.1 Å². The van der Waals surface area contributed by atoms with Crippen molar-refractivity contribution >= 4 is 5.91 Å². The minimum Gasteiger partial charge on any atom is -0.466 e. The third kappa shape index (κ3) is 4.73. The van der Waals surface area contributed by atoms with Gasteiger partial charge in [-0.1, -0.05) is 6.07 Å². The van der Waals surface area contributed by atoms with Crippen LogP contribution in [0, 0.1) is 18.6 Å². The Kier molecular flexibility index (Phi) is 5.92. The van der Waals surface area contributed by atoms with Crippen molar-refractivity contribution in [2.75, 3.05) is 19.6 Å². The normalized spacial score (nSPS) is 20.3. The summed E-state index contributed by atoms with van der Waals surface area (Å²) in [6.07, 6.45) is 1.68. The van der Waals surface area contributed by atoms with E-state index < -0.39 is 17.2 Å². The number of carbonyl (C=O) groups excluding carboxylic acids is 1. The Morgan fingerprint density at radius 2 is 2.07 bits per heavy atom. The molecule has 1 amide bonds. The largest absolute Gasteiger partial charge is 0.466 e. The van der Waals surface area contributed by atoms with Crippen molar-refractivity contribution in [2.45, 2.75) is 38.3 Å². The topological polar surface area (TPSA) is 65.7 Å². The molecule has 5 nitrogen and oxygen atoms in total. The molecule has 0 radical (unpaired) electrons. The third-order valence-electron chi connectivity index (χ3n) is 4.82. The van der Waals surface area contributed by atoms with Crippen molar-refractivity contribution in [3.8, 4) is 0 Å². The van der Waals surface area contributed by atoms with Crippen LogP contribution < -0.4 is 5.32 Å². The van der Waals surface area contributed by atoms with Crippen LogP contribution in [0.15, 0.2) is 34.7 Å². The Balaban J connectivity index is 1.54. The lowest BCUT2D eigenvalue weighted by Crippen LogP contribution is -2.57. The number of hydrogen-bond donors (Lipinski definition) is 2. The van der Waals surface area contributed by atoms with E-state index >= 15 is 0 Å². The zero-order chi connectivity index (χ0) is 19.4. The molecule has 1 aliphatic rings. The van der Waals surface area contributed by atoms with E-state index in [0.29, 0.717) is 37.9 Å². The van der Waals surface area contributed by atoms with Crippen molar-refractivity contribution in [1.82, 2.24) is 10.2 Å². The highest BCUT2D eigenvalue weighted by molar-refractivity contribution is 5.86. The molecule has 1 aliphatic heterocycles. The van der Waals surface area contributed by atoms with E-state index in [2.05, 4.69) is 5.32 Å². The monoisotopic (exact) mass is 378 g/mol. The van der Waals surface area contributed by atoms with Crippen LogP contribution in [0.4, 0.5) is 8.78 Å². The first-order valence-electron chi connectivity index (χ1n) is 9.09. The molecule has 0 saturated carbocycles. The molecule has 1 atom stereocenters. The fourth-order valence-corrected chi connectivity index (χ4v) is 3.36. The highest BCUT2D eigenvalue weighted by Gasteiger charge is 2.41. The number of halogens is 2.